The maximum atomic E-state index is 11.7. The van der Waals surface area contributed by atoms with Crippen LogP contribution in [0.2, 0.25) is 5.02 Å². The van der Waals surface area contributed by atoms with Crippen molar-refractivity contribution in [3.8, 4) is 0 Å². The molecule has 0 saturated carbocycles. The maximum Gasteiger partial charge on any atom is 0.410 e. The predicted molar refractivity (Wildman–Crippen MR) is 89.3 cm³/mol. The average molecular weight is 329 g/mol. The lowest BCUT2D eigenvalue weighted by Crippen LogP contribution is -2.36. The Morgan fingerprint density at radius 2 is 2.00 bits per heavy atom. The van der Waals surface area contributed by atoms with Crippen LogP contribution in [0.4, 0.5) is 10.5 Å². The van der Waals surface area contributed by atoms with Crippen molar-refractivity contribution in [3.63, 3.8) is 0 Å². The van der Waals surface area contributed by atoms with Crippen molar-refractivity contribution in [1.82, 2.24) is 4.90 Å². The van der Waals surface area contributed by atoms with E-state index in [1.165, 1.54) is 4.90 Å². The van der Waals surface area contributed by atoms with E-state index in [4.69, 9.17) is 26.8 Å². The van der Waals surface area contributed by atoms with Crippen LogP contribution < -0.4 is 5.73 Å². The molecule has 0 aliphatic rings. The number of benzene rings is 1. The molecule has 0 aliphatic carbocycles. The molecule has 1 aromatic rings. The van der Waals surface area contributed by atoms with Crippen LogP contribution in [0.3, 0.4) is 0 Å². The van der Waals surface area contributed by atoms with Gasteiger partial charge in [0.15, 0.2) is 0 Å². The number of hydrogen-bond donors (Lipinski definition) is 1. The van der Waals surface area contributed by atoms with Crippen molar-refractivity contribution >= 4 is 23.4 Å². The fourth-order valence-electron chi connectivity index (χ4n) is 1.70. The third kappa shape index (κ3) is 7.00. The molecule has 6 heteroatoms. The number of anilines is 1. The SMILES string of the molecule is CN(CCOCCc1cc(N)ccc1Cl)C(=O)OC(C)(C)C. The number of hydrogen-bond acceptors (Lipinski definition) is 4. The van der Waals surface area contributed by atoms with Gasteiger partial charge >= 0.3 is 6.09 Å². The minimum absolute atomic E-state index is 0.352. The summed E-state index contributed by atoms with van der Waals surface area (Å²) in [5, 5.41) is 0.684. The van der Waals surface area contributed by atoms with Gasteiger partial charge in [-0.15, -0.1) is 0 Å². The molecule has 124 valence electrons. The van der Waals surface area contributed by atoms with Crippen molar-refractivity contribution in [2.75, 3.05) is 32.5 Å². The Labute approximate surface area is 137 Å². The van der Waals surface area contributed by atoms with E-state index in [0.717, 1.165) is 5.56 Å². The molecule has 5 nitrogen and oxygen atoms in total. The second-order valence-corrected chi connectivity index (χ2v) is 6.52. The standard InChI is InChI=1S/C16H25ClN2O3/c1-16(2,3)22-15(20)19(4)8-10-21-9-7-12-11-13(18)5-6-14(12)17/h5-6,11H,7-10,18H2,1-4H3. The molecule has 0 aromatic heterocycles. The number of nitrogens with two attached hydrogens (primary N) is 1. The normalized spacial score (nSPS) is 11.3. The Morgan fingerprint density at radius 1 is 1.32 bits per heavy atom. The largest absolute Gasteiger partial charge is 0.444 e. The van der Waals surface area contributed by atoms with Gasteiger partial charge in [-0.25, -0.2) is 4.79 Å². The summed E-state index contributed by atoms with van der Waals surface area (Å²) < 4.78 is 10.8. The highest BCUT2D eigenvalue weighted by atomic mass is 35.5. The number of carbonyl (C=O) groups is 1. The van der Waals surface area contributed by atoms with Gasteiger partial charge in [-0.05, 0) is 51.0 Å². The molecule has 0 radical (unpaired) electrons. The van der Waals surface area contributed by atoms with Crippen LogP contribution in [0, 0.1) is 0 Å². The van der Waals surface area contributed by atoms with E-state index in [1.807, 2.05) is 26.8 Å². The van der Waals surface area contributed by atoms with Crippen molar-refractivity contribution in [1.29, 1.82) is 0 Å². The first-order chi connectivity index (χ1) is 10.2. The number of nitrogen functional groups attached to an aromatic ring is 1. The highest BCUT2D eigenvalue weighted by Gasteiger charge is 2.19. The smallest absolute Gasteiger partial charge is 0.410 e. The van der Waals surface area contributed by atoms with Gasteiger partial charge in [0.1, 0.15) is 5.60 Å². The van der Waals surface area contributed by atoms with E-state index in [1.54, 1.807) is 19.2 Å². The number of halogens is 1. The fraction of sp³-hybridized carbons (Fsp3) is 0.562. The van der Waals surface area contributed by atoms with Gasteiger partial charge in [0.25, 0.3) is 0 Å². The first-order valence-corrected chi connectivity index (χ1v) is 7.62. The number of amides is 1. The van der Waals surface area contributed by atoms with Crippen LogP contribution in [-0.4, -0.2) is 43.4 Å². The van der Waals surface area contributed by atoms with E-state index in [9.17, 15) is 4.79 Å². The van der Waals surface area contributed by atoms with Crippen molar-refractivity contribution in [2.24, 2.45) is 0 Å². The van der Waals surface area contributed by atoms with Crippen molar-refractivity contribution in [2.45, 2.75) is 32.8 Å². The quantitative estimate of drug-likeness (QED) is 0.642. The van der Waals surface area contributed by atoms with Crippen LogP contribution in [0.5, 0.6) is 0 Å². The zero-order chi connectivity index (χ0) is 16.8. The summed E-state index contributed by atoms with van der Waals surface area (Å²) in [6.07, 6.45) is 0.329. The predicted octanol–water partition coefficient (Wildman–Crippen LogP) is 3.35. The molecule has 0 saturated heterocycles. The molecule has 1 rings (SSSR count). The summed E-state index contributed by atoms with van der Waals surface area (Å²) in [6, 6.07) is 5.39. The van der Waals surface area contributed by atoms with E-state index in [2.05, 4.69) is 0 Å². The highest BCUT2D eigenvalue weighted by molar-refractivity contribution is 6.31. The number of nitrogens with zero attached hydrogens (tertiary/aromatic N) is 1. The lowest BCUT2D eigenvalue weighted by molar-refractivity contribution is 0.0233. The van der Waals surface area contributed by atoms with Gasteiger partial charge < -0.3 is 20.1 Å². The lowest BCUT2D eigenvalue weighted by Gasteiger charge is -2.24. The fourth-order valence-corrected chi connectivity index (χ4v) is 1.92. The number of rotatable bonds is 6. The molecule has 1 amide bonds. The molecule has 0 unspecified atom stereocenters. The third-order valence-corrected chi connectivity index (χ3v) is 3.23. The average Bonchev–Trinajstić information content (AvgIpc) is 2.40. The lowest BCUT2D eigenvalue weighted by atomic mass is 10.1. The molecule has 2 N–H and O–H groups in total. The number of carbonyl (C=O) groups excluding carboxylic acids is 1. The first kappa shape index (κ1) is 18.6. The van der Waals surface area contributed by atoms with E-state index < -0.39 is 5.60 Å². The minimum Gasteiger partial charge on any atom is -0.444 e. The molecule has 0 heterocycles. The molecular weight excluding hydrogens is 304 g/mol. The molecule has 0 bridgehead atoms. The van der Waals surface area contributed by atoms with Gasteiger partial charge in [0.05, 0.1) is 13.2 Å². The zero-order valence-corrected chi connectivity index (χ0v) is 14.4. The summed E-state index contributed by atoms with van der Waals surface area (Å²) in [5.41, 5.74) is 6.88. The van der Waals surface area contributed by atoms with E-state index in [-0.39, 0.29) is 6.09 Å². The second-order valence-electron chi connectivity index (χ2n) is 6.12. The molecule has 0 fully saturated rings. The molecule has 1 aromatic carbocycles. The Morgan fingerprint density at radius 3 is 2.64 bits per heavy atom. The second kappa shape index (κ2) is 8.25. The zero-order valence-electron chi connectivity index (χ0n) is 13.7. The Kier molecular flexibility index (Phi) is 6.97. The van der Waals surface area contributed by atoms with Gasteiger partial charge in [-0.1, -0.05) is 11.6 Å². The van der Waals surface area contributed by atoms with Crippen LogP contribution in [-0.2, 0) is 15.9 Å². The molecule has 0 aliphatic heterocycles. The number of likely N-dealkylation sites (N-methyl/N-ethyl adjacent to an activating group) is 1. The Hall–Kier alpha value is -1.46. The van der Waals surface area contributed by atoms with Crippen LogP contribution >= 0.6 is 11.6 Å². The highest BCUT2D eigenvalue weighted by Crippen LogP contribution is 2.19. The third-order valence-electron chi connectivity index (χ3n) is 2.86. The summed E-state index contributed by atoms with van der Waals surface area (Å²) in [7, 11) is 1.69. The van der Waals surface area contributed by atoms with E-state index >= 15 is 0 Å². The van der Waals surface area contributed by atoms with Gasteiger partial charge in [-0.2, -0.15) is 0 Å². The van der Waals surface area contributed by atoms with Crippen LogP contribution in [0.25, 0.3) is 0 Å². The van der Waals surface area contributed by atoms with Gasteiger partial charge in [0.2, 0.25) is 0 Å². The van der Waals surface area contributed by atoms with Crippen molar-refractivity contribution < 1.29 is 14.3 Å². The minimum atomic E-state index is -0.490. The van der Waals surface area contributed by atoms with Crippen LogP contribution in [0.15, 0.2) is 18.2 Å². The molecule has 22 heavy (non-hydrogen) atoms. The Balaban J connectivity index is 2.25. The molecular formula is C16H25ClN2O3. The summed E-state index contributed by atoms with van der Waals surface area (Å²) in [5.74, 6) is 0. The molecule has 0 spiro atoms. The summed E-state index contributed by atoms with van der Waals surface area (Å²) in [4.78, 5) is 13.2. The maximum absolute atomic E-state index is 11.7. The van der Waals surface area contributed by atoms with Gasteiger partial charge in [0, 0.05) is 24.3 Å². The first-order valence-electron chi connectivity index (χ1n) is 7.25. The number of ether oxygens (including phenoxy) is 2. The Bertz CT molecular complexity index is 501. The van der Waals surface area contributed by atoms with Crippen molar-refractivity contribution in [3.05, 3.63) is 28.8 Å². The van der Waals surface area contributed by atoms with Crippen LogP contribution in [0.1, 0.15) is 26.3 Å². The topological polar surface area (TPSA) is 64.8 Å². The molecule has 0 atom stereocenters. The monoisotopic (exact) mass is 328 g/mol. The van der Waals surface area contributed by atoms with E-state index in [0.29, 0.717) is 36.9 Å². The summed E-state index contributed by atoms with van der Waals surface area (Å²) >= 11 is 6.08. The van der Waals surface area contributed by atoms with Gasteiger partial charge in [-0.3, -0.25) is 0 Å². The summed E-state index contributed by atoms with van der Waals surface area (Å²) in [6.45, 7) is 6.94.